The monoisotopic (exact) mass is 195 g/mol. The Morgan fingerprint density at radius 3 is 1.00 bits per heavy atom. The fraction of sp³-hybridized carbons (Fsp3) is 1.00. The van der Waals surface area contributed by atoms with E-state index < -0.39 is 9.05 Å². The zero-order valence-electron chi connectivity index (χ0n) is 7.74. The van der Waals surface area contributed by atoms with Crippen LogP contribution in [0.25, 0.3) is 0 Å². The van der Waals surface area contributed by atoms with Crippen LogP contribution in [0.15, 0.2) is 0 Å². The molecular weight excluding hydrogens is 181 g/mol. The molecule has 0 unspecified atom stereocenters. The van der Waals surface area contributed by atoms with Crippen molar-refractivity contribution in [2.45, 2.75) is 0 Å². The molecule has 0 spiro atoms. The van der Waals surface area contributed by atoms with Crippen LogP contribution in [0, 0.1) is 0 Å². The van der Waals surface area contributed by atoms with Crippen molar-refractivity contribution >= 4 is 9.05 Å². The maximum Gasteiger partial charge on any atom is 1.00 e. The van der Waals surface area contributed by atoms with Gasteiger partial charge in [0.05, 0.1) is 0 Å². The molecule has 10 heavy (non-hydrogen) atoms. The van der Waals surface area contributed by atoms with Gasteiger partial charge >= 0.3 is 60.4 Å². The molecule has 0 aromatic heterocycles. The first-order chi connectivity index (χ1) is 3.73. The van der Waals surface area contributed by atoms with Crippen molar-refractivity contribution in [3.8, 4) is 0 Å². The van der Waals surface area contributed by atoms with E-state index in [1.54, 1.807) is 0 Å². The van der Waals surface area contributed by atoms with Crippen molar-refractivity contribution in [2.24, 2.45) is 0 Å². The van der Waals surface area contributed by atoms with E-state index in [1.807, 2.05) is 26.0 Å². The second-order valence-electron chi connectivity index (χ2n) is 1.94. The third-order valence-corrected chi connectivity index (χ3v) is 0. The van der Waals surface area contributed by atoms with Gasteiger partial charge in [0.1, 0.15) is 0 Å². The smallest absolute Gasteiger partial charge is 1.00 e. The van der Waals surface area contributed by atoms with Gasteiger partial charge < -0.3 is 25.5 Å². The minimum Gasteiger partial charge on any atom is -1.00 e. The van der Waals surface area contributed by atoms with Crippen molar-refractivity contribution in [1.82, 2.24) is 4.90 Å². The van der Waals surface area contributed by atoms with Crippen molar-refractivity contribution in [3.63, 3.8) is 0 Å². The zero-order valence-corrected chi connectivity index (χ0v) is 10.9. The van der Waals surface area contributed by atoms with Gasteiger partial charge in [0, 0.05) is 0 Å². The van der Waals surface area contributed by atoms with E-state index in [-0.39, 0.29) is 52.8 Å². The summed E-state index contributed by atoms with van der Waals surface area (Å²) >= 11 is 0. The molecule has 0 atom stereocenters. The van der Waals surface area contributed by atoms with Crippen LogP contribution >= 0.6 is 0 Å². The van der Waals surface area contributed by atoms with Crippen LogP contribution in [0.5, 0.6) is 0 Å². The summed E-state index contributed by atoms with van der Waals surface area (Å²) in [6.45, 7) is 0. The Morgan fingerprint density at radius 1 is 1.00 bits per heavy atom. The van der Waals surface area contributed by atoms with Gasteiger partial charge in [0.25, 0.3) is 0 Å². The van der Waals surface area contributed by atoms with Gasteiger partial charge in [0.2, 0.25) is 0 Å². The molecule has 0 bridgehead atoms. The van der Waals surface area contributed by atoms with Crippen LogP contribution in [0.3, 0.4) is 0 Å². The summed E-state index contributed by atoms with van der Waals surface area (Å²) in [7, 11) is 1.39. The van der Waals surface area contributed by atoms with E-state index in [2.05, 4.69) is 0 Å². The molecule has 0 aromatic rings. The Bertz CT molecular complexity index is 62.1. The van der Waals surface area contributed by atoms with Crippen LogP contribution in [0.1, 0.15) is 1.43 Å². The molecule has 5 nitrogen and oxygen atoms in total. The summed E-state index contributed by atoms with van der Waals surface area (Å²) in [5.74, 6) is 0. The summed E-state index contributed by atoms with van der Waals surface area (Å²) in [5.41, 5.74) is 0. The molecular formula is C3H14KNO4Si. The van der Waals surface area contributed by atoms with Gasteiger partial charge in [-0.1, -0.05) is 0 Å². The Balaban J connectivity index is -0.0000000383. The second kappa shape index (κ2) is 8.75. The average Bonchev–Trinajstić information content (AvgIpc) is 1.19. The molecule has 0 saturated heterocycles. The maximum absolute atomic E-state index is 7.33. The molecule has 0 radical (unpaired) electrons. The average molecular weight is 195 g/mol. The summed E-state index contributed by atoms with van der Waals surface area (Å²) < 4.78 is 0. The van der Waals surface area contributed by atoms with Gasteiger partial charge in [-0.25, -0.2) is 0 Å². The van der Waals surface area contributed by atoms with E-state index in [1.165, 1.54) is 0 Å². The first-order valence-corrected chi connectivity index (χ1v) is 4.02. The van der Waals surface area contributed by atoms with E-state index in [0.29, 0.717) is 0 Å². The van der Waals surface area contributed by atoms with Crippen LogP contribution in [-0.2, 0) is 0 Å². The fourth-order valence-corrected chi connectivity index (χ4v) is 0. The SMILES string of the molecule is CN(C)C.O[Si](O)(O)O.[H-].[K+]. The first kappa shape index (κ1) is 17.7. The number of rotatable bonds is 0. The zero-order chi connectivity index (χ0) is 8.08. The van der Waals surface area contributed by atoms with Crippen LogP contribution in [-0.4, -0.2) is 54.3 Å². The molecule has 4 N–H and O–H groups in total. The Hall–Kier alpha value is 1.65. The molecule has 0 fully saturated rings. The van der Waals surface area contributed by atoms with Gasteiger partial charge in [-0.3, -0.25) is 0 Å². The van der Waals surface area contributed by atoms with Crippen LogP contribution < -0.4 is 51.4 Å². The molecule has 0 amide bonds. The van der Waals surface area contributed by atoms with E-state index in [0.717, 1.165) is 0 Å². The van der Waals surface area contributed by atoms with E-state index in [4.69, 9.17) is 19.2 Å². The third-order valence-electron chi connectivity index (χ3n) is 0. The predicted octanol–water partition coefficient (Wildman–Crippen LogP) is -5.31. The molecule has 0 rings (SSSR count). The van der Waals surface area contributed by atoms with Crippen molar-refractivity contribution < 1.29 is 72.0 Å². The third kappa shape index (κ3) is 264. The Kier molecular flexibility index (Phi) is 15.4. The summed E-state index contributed by atoms with van der Waals surface area (Å²) in [6.07, 6.45) is 0. The topological polar surface area (TPSA) is 84.2 Å². The largest absolute Gasteiger partial charge is 1.00 e. The molecule has 0 aliphatic heterocycles. The molecule has 0 aromatic carbocycles. The van der Waals surface area contributed by atoms with Crippen molar-refractivity contribution in [1.29, 1.82) is 0 Å². The van der Waals surface area contributed by atoms with Crippen molar-refractivity contribution in [2.75, 3.05) is 21.1 Å². The number of nitrogens with zero attached hydrogens (tertiary/aromatic N) is 1. The Labute approximate surface area is 106 Å². The van der Waals surface area contributed by atoms with Gasteiger partial charge in [-0.05, 0) is 21.1 Å². The molecule has 60 valence electrons. The van der Waals surface area contributed by atoms with Gasteiger partial charge in [0.15, 0.2) is 0 Å². The fourth-order valence-electron chi connectivity index (χ4n) is 0. The summed E-state index contributed by atoms with van der Waals surface area (Å²) in [4.78, 5) is 31.3. The minimum absolute atomic E-state index is 0. The van der Waals surface area contributed by atoms with E-state index in [9.17, 15) is 0 Å². The van der Waals surface area contributed by atoms with E-state index >= 15 is 0 Å². The molecule has 0 aliphatic carbocycles. The molecule has 0 saturated carbocycles. The first-order valence-electron chi connectivity index (χ1n) is 2.24. The maximum atomic E-state index is 7.33. The van der Waals surface area contributed by atoms with Crippen molar-refractivity contribution in [3.05, 3.63) is 0 Å². The summed E-state index contributed by atoms with van der Waals surface area (Å²) in [6, 6.07) is 0. The summed E-state index contributed by atoms with van der Waals surface area (Å²) in [5, 5.41) is 0. The number of hydrogen-bond donors (Lipinski definition) is 4. The molecule has 7 heteroatoms. The van der Waals surface area contributed by atoms with Crippen LogP contribution in [0.4, 0.5) is 0 Å². The minimum atomic E-state index is -4.61. The second-order valence-corrected chi connectivity index (χ2v) is 3.14. The molecule has 0 aliphatic rings. The van der Waals surface area contributed by atoms with Crippen LogP contribution in [0.2, 0.25) is 0 Å². The predicted molar refractivity (Wildman–Crippen MR) is 35.4 cm³/mol. The quantitative estimate of drug-likeness (QED) is 0.290. The Morgan fingerprint density at radius 2 is 1.00 bits per heavy atom. The van der Waals surface area contributed by atoms with Gasteiger partial charge in [-0.2, -0.15) is 0 Å². The number of hydrogen-bond acceptors (Lipinski definition) is 5. The molecule has 0 heterocycles. The van der Waals surface area contributed by atoms with Gasteiger partial charge in [-0.15, -0.1) is 0 Å². The standard InChI is InChI=1S/C3H9N.K.H4O4Si.H/c1-4(2)3;;1-5(2,3)4;/h1-3H3;;1-4H;/q;+1;;-1. The normalized spacial score (nSPS) is 9.60.